The zero-order chi connectivity index (χ0) is 18.0. The third kappa shape index (κ3) is 3.95. The van der Waals surface area contributed by atoms with Crippen LogP contribution in [0.4, 0.5) is 5.13 Å². The van der Waals surface area contributed by atoms with Crippen molar-refractivity contribution < 1.29 is 9.53 Å². The van der Waals surface area contributed by atoms with Gasteiger partial charge in [0.25, 0.3) is 5.91 Å². The largest absolute Gasteiger partial charge is 0.496 e. The number of halogens is 2. The van der Waals surface area contributed by atoms with Crippen molar-refractivity contribution in [3.63, 3.8) is 0 Å². The summed E-state index contributed by atoms with van der Waals surface area (Å²) in [5.74, 6) is 0.498. The molecule has 0 radical (unpaired) electrons. The molecule has 25 heavy (non-hydrogen) atoms. The minimum absolute atomic E-state index is 0.299. The summed E-state index contributed by atoms with van der Waals surface area (Å²) in [4.78, 5) is 16.8. The van der Waals surface area contributed by atoms with Crippen LogP contribution in [0.3, 0.4) is 0 Å². The Kier molecular flexibility index (Phi) is 5.27. The maximum absolute atomic E-state index is 12.3. The molecule has 2 aromatic carbocycles. The molecule has 128 valence electrons. The minimum atomic E-state index is -0.325. The Hall–Kier alpha value is -2.08. The number of hydrogen-bond donors (Lipinski definition) is 1. The number of rotatable bonds is 4. The molecule has 0 fully saturated rings. The van der Waals surface area contributed by atoms with Gasteiger partial charge in [-0.1, -0.05) is 23.2 Å². The predicted molar refractivity (Wildman–Crippen MR) is 103 cm³/mol. The van der Waals surface area contributed by atoms with E-state index < -0.39 is 0 Å². The predicted octanol–water partition coefficient (Wildman–Crippen LogP) is 5.69. The number of methoxy groups -OCH3 is 1. The highest BCUT2D eigenvalue weighted by Gasteiger charge is 2.14. The number of aryl methyl sites for hydroxylation is 1. The van der Waals surface area contributed by atoms with Crippen LogP contribution in [0.15, 0.2) is 41.8 Å². The molecule has 1 amide bonds. The maximum Gasteiger partial charge on any atom is 0.258 e. The fraction of sp³-hybridized carbons (Fsp3) is 0.111. The lowest BCUT2D eigenvalue weighted by Crippen LogP contribution is -2.12. The van der Waals surface area contributed by atoms with Gasteiger partial charge in [0, 0.05) is 16.0 Å². The first kappa shape index (κ1) is 17.7. The van der Waals surface area contributed by atoms with Crippen LogP contribution >= 0.6 is 34.5 Å². The van der Waals surface area contributed by atoms with Crippen LogP contribution in [0.25, 0.3) is 11.3 Å². The zero-order valence-corrected chi connectivity index (χ0v) is 15.8. The number of hydrogen-bond acceptors (Lipinski definition) is 4. The van der Waals surface area contributed by atoms with Crippen molar-refractivity contribution >= 4 is 45.6 Å². The second-order valence-electron chi connectivity index (χ2n) is 5.30. The van der Waals surface area contributed by atoms with Crippen LogP contribution in [0.2, 0.25) is 10.0 Å². The second kappa shape index (κ2) is 7.44. The molecule has 3 aromatic rings. The van der Waals surface area contributed by atoms with Gasteiger partial charge in [-0.15, -0.1) is 11.3 Å². The topological polar surface area (TPSA) is 51.2 Å². The van der Waals surface area contributed by atoms with Gasteiger partial charge in [0.1, 0.15) is 5.75 Å². The number of nitrogens with one attached hydrogen (secondary N) is 1. The molecule has 7 heteroatoms. The molecular weight excluding hydrogens is 379 g/mol. The van der Waals surface area contributed by atoms with Gasteiger partial charge in [0.2, 0.25) is 0 Å². The summed E-state index contributed by atoms with van der Waals surface area (Å²) in [6.07, 6.45) is 0. The van der Waals surface area contributed by atoms with Gasteiger partial charge in [-0.25, -0.2) is 4.98 Å². The lowest BCUT2D eigenvalue weighted by Gasteiger charge is -2.06. The van der Waals surface area contributed by atoms with E-state index in [4.69, 9.17) is 27.9 Å². The number of carbonyl (C=O) groups is 1. The maximum atomic E-state index is 12.3. The summed E-state index contributed by atoms with van der Waals surface area (Å²) < 4.78 is 5.27. The van der Waals surface area contributed by atoms with Gasteiger partial charge in [-0.3, -0.25) is 10.1 Å². The number of benzene rings is 2. The van der Waals surface area contributed by atoms with Crippen molar-refractivity contribution in [2.75, 3.05) is 12.4 Å². The molecule has 0 aliphatic heterocycles. The summed E-state index contributed by atoms with van der Waals surface area (Å²) >= 11 is 13.3. The van der Waals surface area contributed by atoms with Crippen LogP contribution in [0.1, 0.15) is 15.9 Å². The Morgan fingerprint density at radius 2 is 2.00 bits per heavy atom. The van der Waals surface area contributed by atoms with Gasteiger partial charge in [-0.05, 0) is 48.9 Å². The molecule has 0 saturated heterocycles. The minimum Gasteiger partial charge on any atom is -0.496 e. The number of aromatic nitrogens is 1. The fourth-order valence-electron chi connectivity index (χ4n) is 2.34. The summed E-state index contributed by atoms with van der Waals surface area (Å²) in [6.45, 7) is 1.97. The Morgan fingerprint density at radius 3 is 2.68 bits per heavy atom. The number of carbonyl (C=O) groups excluding carboxylic acids is 1. The normalized spacial score (nSPS) is 10.6. The fourth-order valence-corrected chi connectivity index (χ4v) is 3.55. The molecule has 1 aromatic heterocycles. The Bertz CT molecular complexity index is 941. The SMILES string of the molecule is COc1ccc(-c2csc(NC(=O)c3ccc(Cl)cc3Cl)n2)cc1C. The van der Waals surface area contributed by atoms with E-state index >= 15 is 0 Å². The monoisotopic (exact) mass is 392 g/mol. The number of amides is 1. The number of nitrogens with zero attached hydrogens (tertiary/aromatic N) is 1. The van der Waals surface area contributed by atoms with E-state index in [1.54, 1.807) is 19.2 Å². The molecule has 0 saturated carbocycles. The molecule has 0 atom stereocenters. The third-order valence-electron chi connectivity index (χ3n) is 3.59. The molecule has 1 heterocycles. The van der Waals surface area contributed by atoms with E-state index in [1.807, 2.05) is 30.5 Å². The first-order valence-electron chi connectivity index (χ1n) is 7.35. The van der Waals surface area contributed by atoms with E-state index in [2.05, 4.69) is 10.3 Å². The molecule has 0 aliphatic carbocycles. The van der Waals surface area contributed by atoms with E-state index in [9.17, 15) is 4.79 Å². The number of ether oxygens (including phenoxy) is 1. The Balaban J connectivity index is 1.79. The lowest BCUT2D eigenvalue weighted by molar-refractivity contribution is 0.102. The quantitative estimate of drug-likeness (QED) is 0.620. The smallest absolute Gasteiger partial charge is 0.258 e. The number of thiazole rings is 1. The highest BCUT2D eigenvalue weighted by molar-refractivity contribution is 7.14. The summed E-state index contributed by atoms with van der Waals surface area (Å²) in [6, 6.07) is 10.6. The van der Waals surface area contributed by atoms with Crippen LogP contribution in [0, 0.1) is 6.92 Å². The van der Waals surface area contributed by atoms with Crippen LogP contribution in [-0.2, 0) is 0 Å². The van der Waals surface area contributed by atoms with Gasteiger partial charge in [-0.2, -0.15) is 0 Å². The van der Waals surface area contributed by atoms with Crippen LogP contribution in [-0.4, -0.2) is 18.0 Å². The van der Waals surface area contributed by atoms with Crippen molar-refractivity contribution in [2.45, 2.75) is 6.92 Å². The molecule has 0 bridgehead atoms. The van der Waals surface area contributed by atoms with Gasteiger partial charge in [0.15, 0.2) is 5.13 Å². The molecule has 4 nitrogen and oxygen atoms in total. The third-order valence-corrected chi connectivity index (χ3v) is 4.90. The van der Waals surface area contributed by atoms with E-state index in [0.717, 1.165) is 22.6 Å². The van der Waals surface area contributed by atoms with Crippen molar-refractivity contribution in [1.82, 2.24) is 4.98 Å². The Morgan fingerprint density at radius 1 is 1.20 bits per heavy atom. The van der Waals surface area contributed by atoms with Crippen molar-refractivity contribution in [1.29, 1.82) is 0 Å². The van der Waals surface area contributed by atoms with Crippen molar-refractivity contribution in [2.24, 2.45) is 0 Å². The highest BCUT2D eigenvalue weighted by Crippen LogP contribution is 2.29. The van der Waals surface area contributed by atoms with Gasteiger partial charge < -0.3 is 4.74 Å². The highest BCUT2D eigenvalue weighted by atomic mass is 35.5. The van der Waals surface area contributed by atoms with E-state index in [1.165, 1.54) is 17.4 Å². The standard InChI is InChI=1S/C18H14Cl2N2O2S/c1-10-7-11(3-6-16(10)24-2)15-9-25-18(21-15)22-17(23)13-5-4-12(19)8-14(13)20/h3-9H,1-2H3,(H,21,22,23). The van der Waals surface area contributed by atoms with Gasteiger partial charge >= 0.3 is 0 Å². The molecule has 0 unspecified atom stereocenters. The lowest BCUT2D eigenvalue weighted by atomic mass is 10.1. The second-order valence-corrected chi connectivity index (χ2v) is 7.00. The molecule has 0 spiro atoms. The molecule has 1 N–H and O–H groups in total. The van der Waals surface area contributed by atoms with Crippen LogP contribution < -0.4 is 10.1 Å². The first-order chi connectivity index (χ1) is 12.0. The molecular formula is C18H14Cl2N2O2S. The summed E-state index contributed by atoms with van der Waals surface area (Å²) in [5.41, 5.74) is 3.11. The van der Waals surface area contributed by atoms with Crippen LogP contribution in [0.5, 0.6) is 5.75 Å². The molecule has 3 rings (SSSR count). The first-order valence-corrected chi connectivity index (χ1v) is 8.98. The Labute approximate surface area is 159 Å². The van der Waals surface area contributed by atoms with Crippen molar-refractivity contribution in [3.05, 3.63) is 63.0 Å². The van der Waals surface area contributed by atoms with Crippen molar-refractivity contribution in [3.8, 4) is 17.0 Å². The van der Waals surface area contributed by atoms with E-state index in [-0.39, 0.29) is 5.91 Å². The van der Waals surface area contributed by atoms with Gasteiger partial charge in [0.05, 0.1) is 23.4 Å². The number of anilines is 1. The summed E-state index contributed by atoms with van der Waals surface area (Å²) in [7, 11) is 1.64. The zero-order valence-electron chi connectivity index (χ0n) is 13.5. The van der Waals surface area contributed by atoms with E-state index in [0.29, 0.717) is 20.7 Å². The molecule has 0 aliphatic rings. The average Bonchev–Trinajstić information content (AvgIpc) is 3.03. The summed E-state index contributed by atoms with van der Waals surface area (Å²) in [5, 5.41) is 5.93. The average molecular weight is 393 g/mol.